The standard InChI is InChI=1S/C18H21ClN2O2/c1-12-9-16(17(23-3)10-15(12)19)20-11-18(22)21-13(2)14-7-5-4-6-8-14/h4-10,13,20H,11H2,1-3H3,(H,21,22)/t13-/m1/s1. The summed E-state index contributed by atoms with van der Waals surface area (Å²) in [4.78, 5) is 12.1. The molecule has 0 saturated carbocycles. The van der Waals surface area contributed by atoms with E-state index in [2.05, 4.69) is 10.6 Å². The Morgan fingerprint density at radius 3 is 2.61 bits per heavy atom. The maximum absolute atomic E-state index is 12.1. The lowest BCUT2D eigenvalue weighted by Crippen LogP contribution is -2.32. The van der Waals surface area contributed by atoms with Crippen LogP contribution in [0.1, 0.15) is 24.1 Å². The number of carbonyl (C=O) groups is 1. The fourth-order valence-electron chi connectivity index (χ4n) is 2.26. The minimum absolute atomic E-state index is 0.0423. The van der Waals surface area contributed by atoms with Crippen molar-refractivity contribution in [3.63, 3.8) is 0 Å². The Kier molecular flexibility index (Phi) is 5.88. The molecular formula is C18H21ClN2O2. The SMILES string of the molecule is COc1cc(Cl)c(C)cc1NCC(=O)N[C@H](C)c1ccccc1. The molecule has 2 N–H and O–H groups in total. The van der Waals surface area contributed by atoms with E-state index in [1.807, 2.05) is 50.2 Å². The van der Waals surface area contributed by atoms with Crippen molar-refractivity contribution < 1.29 is 9.53 Å². The number of nitrogens with one attached hydrogen (secondary N) is 2. The molecule has 0 fully saturated rings. The maximum Gasteiger partial charge on any atom is 0.239 e. The average molecular weight is 333 g/mol. The molecule has 0 aliphatic rings. The van der Waals surface area contributed by atoms with Gasteiger partial charge in [-0.2, -0.15) is 0 Å². The van der Waals surface area contributed by atoms with E-state index >= 15 is 0 Å². The molecule has 23 heavy (non-hydrogen) atoms. The molecule has 0 saturated heterocycles. The monoisotopic (exact) mass is 332 g/mol. The Balaban J connectivity index is 1.96. The summed E-state index contributed by atoms with van der Waals surface area (Å²) in [6, 6.07) is 13.4. The minimum atomic E-state index is -0.0870. The Bertz CT molecular complexity index is 674. The lowest BCUT2D eigenvalue weighted by atomic mass is 10.1. The average Bonchev–Trinajstić information content (AvgIpc) is 2.56. The lowest BCUT2D eigenvalue weighted by molar-refractivity contribution is -0.120. The predicted molar refractivity (Wildman–Crippen MR) is 94.2 cm³/mol. The highest BCUT2D eigenvalue weighted by atomic mass is 35.5. The van der Waals surface area contributed by atoms with Crippen molar-refractivity contribution in [1.29, 1.82) is 0 Å². The van der Waals surface area contributed by atoms with E-state index in [-0.39, 0.29) is 18.5 Å². The van der Waals surface area contributed by atoms with Crippen LogP contribution in [0.15, 0.2) is 42.5 Å². The van der Waals surface area contributed by atoms with Crippen LogP contribution in [-0.4, -0.2) is 19.6 Å². The molecule has 0 aromatic heterocycles. The fourth-order valence-corrected chi connectivity index (χ4v) is 2.42. The van der Waals surface area contributed by atoms with Gasteiger partial charge in [-0.1, -0.05) is 41.9 Å². The number of ether oxygens (including phenoxy) is 1. The normalized spacial score (nSPS) is 11.7. The van der Waals surface area contributed by atoms with Gasteiger partial charge in [0.2, 0.25) is 5.91 Å². The molecule has 0 aliphatic heterocycles. The second-order valence-electron chi connectivity index (χ2n) is 5.36. The van der Waals surface area contributed by atoms with E-state index in [9.17, 15) is 4.79 Å². The van der Waals surface area contributed by atoms with Crippen LogP contribution in [-0.2, 0) is 4.79 Å². The largest absolute Gasteiger partial charge is 0.495 e. The maximum atomic E-state index is 12.1. The van der Waals surface area contributed by atoms with Crippen LogP contribution < -0.4 is 15.4 Å². The van der Waals surface area contributed by atoms with Gasteiger partial charge in [-0.05, 0) is 31.0 Å². The number of halogens is 1. The van der Waals surface area contributed by atoms with Crippen LogP contribution in [0.2, 0.25) is 5.02 Å². The number of rotatable bonds is 6. The van der Waals surface area contributed by atoms with Crippen molar-refractivity contribution in [2.24, 2.45) is 0 Å². The molecule has 5 heteroatoms. The van der Waals surface area contributed by atoms with Crippen LogP contribution in [0, 0.1) is 6.92 Å². The van der Waals surface area contributed by atoms with E-state index in [1.54, 1.807) is 13.2 Å². The Morgan fingerprint density at radius 1 is 1.26 bits per heavy atom. The molecule has 0 unspecified atom stereocenters. The molecule has 0 heterocycles. The first-order valence-electron chi connectivity index (χ1n) is 7.43. The zero-order chi connectivity index (χ0) is 16.8. The van der Waals surface area contributed by atoms with Crippen molar-refractivity contribution in [2.75, 3.05) is 19.0 Å². The Labute approximate surface area is 141 Å². The number of methoxy groups -OCH3 is 1. The van der Waals surface area contributed by atoms with E-state index in [0.29, 0.717) is 10.8 Å². The Hall–Kier alpha value is -2.20. The predicted octanol–water partition coefficient (Wildman–Crippen LogP) is 3.95. The highest BCUT2D eigenvalue weighted by molar-refractivity contribution is 6.31. The highest BCUT2D eigenvalue weighted by Crippen LogP contribution is 2.30. The molecule has 2 rings (SSSR count). The van der Waals surface area contributed by atoms with E-state index < -0.39 is 0 Å². The van der Waals surface area contributed by atoms with Gasteiger partial charge in [0.1, 0.15) is 5.75 Å². The molecule has 0 spiro atoms. The van der Waals surface area contributed by atoms with Crippen LogP contribution in [0.3, 0.4) is 0 Å². The van der Waals surface area contributed by atoms with Crippen LogP contribution in [0.4, 0.5) is 5.69 Å². The third-order valence-corrected chi connectivity index (χ3v) is 4.00. The summed E-state index contributed by atoms with van der Waals surface area (Å²) < 4.78 is 5.29. The van der Waals surface area contributed by atoms with Gasteiger partial charge >= 0.3 is 0 Å². The summed E-state index contributed by atoms with van der Waals surface area (Å²) in [5.41, 5.74) is 2.74. The molecule has 0 bridgehead atoms. The summed E-state index contributed by atoms with van der Waals surface area (Å²) >= 11 is 6.08. The zero-order valence-corrected chi connectivity index (χ0v) is 14.3. The molecule has 0 aliphatic carbocycles. The van der Waals surface area contributed by atoms with Gasteiger partial charge in [-0.25, -0.2) is 0 Å². The van der Waals surface area contributed by atoms with Crippen molar-refractivity contribution in [3.8, 4) is 5.75 Å². The van der Waals surface area contributed by atoms with Crippen molar-refractivity contribution in [2.45, 2.75) is 19.9 Å². The molecule has 0 radical (unpaired) electrons. The number of hydrogen-bond donors (Lipinski definition) is 2. The number of amides is 1. The van der Waals surface area contributed by atoms with Crippen LogP contribution in [0.5, 0.6) is 5.75 Å². The first-order chi connectivity index (χ1) is 11.0. The fraction of sp³-hybridized carbons (Fsp3) is 0.278. The van der Waals surface area contributed by atoms with Crippen LogP contribution in [0.25, 0.3) is 0 Å². The summed E-state index contributed by atoms with van der Waals surface area (Å²) in [6.07, 6.45) is 0. The third-order valence-electron chi connectivity index (χ3n) is 3.60. The first-order valence-corrected chi connectivity index (χ1v) is 7.81. The molecule has 4 nitrogen and oxygen atoms in total. The molecule has 1 atom stereocenters. The smallest absolute Gasteiger partial charge is 0.239 e. The minimum Gasteiger partial charge on any atom is -0.495 e. The third kappa shape index (κ3) is 4.63. The summed E-state index contributed by atoms with van der Waals surface area (Å²) in [5.74, 6) is 0.528. The van der Waals surface area contributed by atoms with Gasteiger partial charge in [0.05, 0.1) is 25.4 Å². The van der Waals surface area contributed by atoms with Crippen molar-refractivity contribution in [3.05, 3.63) is 58.6 Å². The number of benzene rings is 2. The number of carbonyl (C=O) groups excluding carboxylic acids is 1. The lowest BCUT2D eigenvalue weighted by Gasteiger charge is -2.16. The molecular weight excluding hydrogens is 312 g/mol. The van der Waals surface area contributed by atoms with Gasteiger partial charge in [-0.15, -0.1) is 0 Å². The van der Waals surface area contributed by atoms with E-state index in [0.717, 1.165) is 16.8 Å². The second-order valence-corrected chi connectivity index (χ2v) is 5.76. The van der Waals surface area contributed by atoms with Gasteiger partial charge in [0, 0.05) is 11.1 Å². The summed E-state index contributed by atoms with van der Waals surface area (Å²) in [5, 5.41) is 6.69. The number of anilines is 1. The van der Waals surface area contributed by atoms with Crippen molar-refractivity contribution >= 4 is 23.2 Å². The van der Waals surface area contributed by atoms with Gasteiger partial charge in [0.25, 0.3) is 0 Å². The first kappa shape index (κ1) is 17.2. The molecule has 2 aromatic rings. The molecule has 2 aromatic carbocycles. The Morgan fingerprint density at radius 2 is 1.96 bits per heavy atom. The quantitative estimate of drug-likeness (QED) is 0.842. The van der Waals surface area contributed by atoms with E-state index in [1.165, 1.54) is 0 Å². The van der Waals surface area contributed by atoms with E-state index in [4.69, 9.17) is 16.3 Å². The second kappa shape index (κ2) is 7.88. The van der Waals surface area contributed by atoms with Crippen LogP contribution >= 0.6 is 11.6 Å². The van der Waals surface area contributed by atoms with Crippen molar-refractivity contribution in [1.82, 2.24) is 5.32 Å². The zero-order valence-electron chi connectivity index (χ0n) is 13.5. The highest BCUT2D eigenvalue weighted by Gasteiger charge is 2.11. The summed E-state index contributed by atoms with van der Waals surface area (Å²) in [7, 11) is 1.57. The number of aryl methyl sites for hydroxylation is 1. The van der Waals surface area contributed by atoms with Gasteiger partial charge < -0.3 is 15.4 Å². The number of hydrogen-bond acceptors (Lipinski definition) is 3. The topological polar surface area (TPSA) is 50.4 Å². The molecule has 122 valence electrons. The van der Waals surface area contributed by atoms with Gasteiger partial charge in [-0.3, -0.25) is 4.79 Å². The molecule has 1 amide bonds. The summed E-state index contributed by atoms with van der Waals surface area (Å²) in [6.45, 7) is 4.03. The van der Waals surface area contributed by atoms with Gasteiger partial charge in [0.15, 0.2) is 0 Å².